The smallest absolute Gasteiger partial charge is 0.410 e. The molecule has 1 aromatic heterocycles. The van der Waals surface area contributed by atoms with E-state index in [0.717, 1.165) is 19.4 Å². The molecule has 3 heterocycles. The number of hydrogen-bond acceptors (Lipinski definition) is 5. The number of aryl methyl sites for hydroxylation is 1. The third-order valence-corrected chi connectivity index (χ3v) is 4.44. The Labute approximate surface area is 129 Å². The second-order valence-corrected chi connectivity index (χ2v) is 6.09. The molecule has 0 aromatic carbocycles. The summed E-state index contributed by atoms with van der Waals surface area (Å²) in [6, 6.07) is 0. The fraction of sp³-hybridized carbons (Fsp3) is 0.714. The summed E-state index contributed by atoms with van der Waals surface area (Å²) in [6.45, 7) is 2.58. The van der Waals surface area contributed by atoms with E-state index >= 15 is 0 Å². The van der Waals surface area contributed by atoms with Crippen LogP contribution in [-0.2, 0) is 16.1 Å². The summed E-state index contributed by atoms with van der Waals surface area (Å²) in [4.78, 5) is 27.4. The van der Waals surface area contributed by atoms with Crippen molar-refractivity contribution in [3.05, 3.63) is 12.7 Å². The van der Waals surface area contributed by atoms with Crippen molar-refractivity contribution in [3.8, 4) is 0 Å². The number of aromatic nitrogens is 3. The van der Waals surface area contributed by atoms with Crippen molar-refractivity contribution in [2.24, 2.45) is 0 Å². The van der Waals surface area contributed by atoms with Crippen molar-refractivity contribution in [2.75, 3.05) is 26.7 Å². The zero-order chi connectivity index (χ0) is 15.6. The lowest BCUT2D eigenvalue weighted by molar-refractivity contribution is -0.131. The molecule has 1 atom stereocenters. The van der Waals surface area contributed by atoms with Gasteiger partial charge >= 0.3 is 6.09 Å². The van der Waals surface area contributed by atoms with E-state index in [1.807, 2.05) is 4.90 Å². The molecule has 0 aliphatic carbocycles. The molecule has 2 fully saturated rings. The zero-order valence-electron chi connectivity index (χ0n) is 12.8. The predicted octanol–water partition coefficient (Wildman–Crippen LogP) is 0.501. The topological polar surface area (TPSA) is 80.6 Å². The molecule has 2 aliphatic heterocycles. The lowest BCUT2D eigenvalue weighted by Crippen LogP contribution is -2.37. The largest absolute Gasteiger partial charge is 0.441 e. The molecule has 0 radical (unpaired) electrons. The molecule has 0 saturated carbocycles. The lowest BCUT2D eigenvalue weighted by Gasteiger charge is -2.25. The average molecular weight is 307 g/mol. The molecule has 2 aliphatic rings. The minimum Gasteiger partial charge on any atom is -0.441 e. The number of nitrogens with zero attached hydrogens (tertiary/aromatic N) is 5. The number of carbonyl (C=O) groups is 2. The molecular formula is C14H21N5O3. The zero-order valence-corrected chi connectivity index (χ0v) is 12.8. The summed E-state index contributed by atoms with van der Waals surface area (Å²) in [5.41, 5.74) is -0.408. The molecule has 2 amide bonds. The summed E-state index contributed by atoms with van der Waals surface area (Å²) < 4.78 is 7.35. The maximum atomic E-state index is 12.3. The lowest BCUT2D eigenvalue weighted by atomic mass is 9.95. The molecule has 8 heteroatoms. The third kappa shape index (κ3) is 3.05. The molecule has 3 rings (SSSR count). The Hall–Kier alpha value is -2.12. The molecule has 1 spiro atoms. The van der Waals surface area contributed by atoms with Crippen LogP contribution in [0.25, 0.3) is 0 Å². The van der Waals surface area contributed by atoms with Crippen molar-refractivity contribution in [2.45, 2.75) is 37.8 Å². The SMILES string of the molecule is CN1C[C@@]2(CCCN(C(=O)CCn3cnnc3)CC2)OC1=O. The average Bonchev–Trinajstić information content (AvgIpc) is 3.04. The van der Waals surface area contributed by atoms with Gasteiger partial charge in [-0.3, -0.25) is 4.79 Å². The summed E-state index contributed by atoms with van der Waals surface area (Å²) in [7, 11) is 1.75. The first-order valence-corrected chi connectivity index (χ1v) is 7.62. The first-order valence-electron chi connectivity index (χ1n) is 7.62. The van der Waals surface area contributed by atoms with Crippen molar-refractivity contribution in [3.63, 3.8) is 0 Å². The van der Waals surface area contributed by atoms with Crippen LogP contribution >= 0.6 is 0 Å². The summed E-state index contributed by atoms with van der Waals surface area (Å²) in [5.74, 6) is 0.128. The highest BCUT2D eigenvalue weighted by Crippen LogP contribution is 2.32. The molecule has 120 valence electrons. The number of likely N-dealkylation sites (N-methyl/N-ethyl adjacent to an activating group) is 1. The Balaban J connectivity index is 1.54. The number of carbonyl (C=O) groups excluding carboxylic acids is 2. The molecule has 2 saturated heterocycles. The van der Waals surface area contributed by atoms with Crippen LogP contribution < -0.4 is 0 Å². The van der Waals surface area contributed by atoms with Crippen LogP contribution in [0.15, 0.2) is 12.7 Å². The highest BCUT2D eigenvalue weighted by molar-refractivity contribution is 5.76. The van der Waals surface area contributed by atoms with Crippen LogP contribution in [0.4, 0.5) is 4.79 Å². The Bertz CT molecular complexity index is 547. The van der Waals surface area contributed by atoms with Gasteiger partial charge in [-0.1, -0.05) is 0 Å². The maximum Gasteiger partial charge on any atom is 0.410 e. The number of rotatable bonds is 3. The molecular weight excluding hydrogens is 286 g/mol. The Morgan fingerprint density at radius 1 is 1.32 bits per heavy atom. The van der Waals surface area contributed by atoms with Gasteiger partial charge in [0, 0.05) is 39.5 Å². The molecule has 0 unspecified atom stereocenters. The van der Waals surface area contributed by atoms with Crippen molar-refractivity contribution < 1.29 is 14.3 Å². The third-order valence-electron chi connectivity index (χ3n) is 4.44. The second kappa shape index (κ2) is 5.94. The number of likely N-dealkylation sites (tertiary alicyclic amines) is 1. The van der Waals surface area contributed by atoms with Gasteiger partial charge in [0.05, 0.1) is 6.54 Å². The minimum atomic E-state index is -0.408. The Morgan fingerprint density at radius 3 is 2.77 bits per heavy atom. The molecule has 1 aromatic rings. The quantitative estimate of drug-likeness (QED) is 0.812. The van der Waals surface area contributed by atoms with Crippen LogP contribution in [0, 0.1) is 0 Å². The van der Waals surface area contributed by atoms with Gasteiger partial charge in [-0.15, -0.1) is 10.2 Å². The molecule has 0 bridgehead atoms. The van der Waals surface area contributed by atoms with Crippen LogP contribution in [0.5, 0.6) is 0 Å². The van der Waals surface area contributed by atoms with E-state index in [9.17, 15) is 9.59 Å². The van der Waals surface area contributed by atoms with Gasteiger partial charge in [-0.2, -0.15) is 0 Å². The highest BCUT2D eigenvalue weighted by Gasteiger charge is 2.44. The van der Waals surface area contributed by atoms with E-state index in [4.69, 9.17) is 4.74 Å². The van der Waals surface area contributed by atoms with E-state index in [-0.39, 0.29) is 12.0 Å². The van der Waals surface area contributed by atoms with Crippen molar-refractivity contribution in [1.82, 2.24) is 24.6 Å². The number of ether oxygens (including phenoxy) is 1. The number of amides is 2. The van der Waals surface area contributed by atoms with E-state index in [1.165, 1.54) is 0 Å². The highest BCUT2D eigenvalue weighted by atomic mass is 16.6. The van der Waals surface area contributed by atoms with Gasteiger partial charge in [0.25, 0.3) is 0 Å². The first kappa shape index (κ1) is 14.8. The fourth-order valence-electron chi connectivity index (χ4n) is 3.19. The predicted molar refractivity (Wildman–Crippen MR) is 76.9 cm³/mol. The molecule has 22 heavy (non-hydrogen) atoms. The van der Waals surface area contributed by atoms with Crippen molar-refractivity contribution in [1.29, 1.82) is 0 Å². The van der Waals surface area contributed by atoms with Crippen LogP contribution in [-0.4, -0.2) is 68.8 Å². The van der Waals surface area contributed by atoms with Crippen LogP contribution in [0.2, 0.25) is 0 Å². The maximum absolute atomic E-state index is 12.3. The number of hydrogen-bond donors (Lipinski definition) is 0. The van der Waals surface area contributed by atoms with E-state index < -0.39 is 5.60 Å². The van der Waals surface area contributed by atoms with E-state index in [1.54, 1.807) is 29.2 Å². The second-order valence-electron chi connectivity index (χ2n) is 6.09. The normalized spacial score (nSPS) is 25.4. The standard InChI is InChI=1S/C14H21N5O3/c1-17-9-14(22-13(17)21)4-2-6-19(8-5-14)12(20)3-7-18-10-15-16-11-18/h10-11H,2-9H2,1H3/t14-/m0/s1. The van der Waals surface area contributed by atoms with Gasteiger partial charge in [0.2, 0.25) is 5.91 Å². The summed E-state index contributed by atoms with van der Waals surface area (Å²) in [5, 5.41) is 7.45. The van der Waals surface area contributed by atoms with Gasteiger partial charge in [-0.05, 0) is 12.8 Å². The van der Waals surface area contributed by atoms with Gasteiger partial charge < -0.3 is 19.1 Å². The van der Waals surface area contributed by atoms with Crippen LogP contribution in [0.1, 0.15) is 25.7 Å². The Morgan fingerprint density at radius 2 is 2.09 bits per heavy atom. The van der Waals surface area contributed by atoms with Gasteiger partial charge in [-0.25, -0.2) is 4.79 Å². The van der Waals surface area contributed by atoms with E-state index in [2.05, 4.69) is 10.2 Å². The van der Waals surface area contributed by atoms with E-state index in [0.29, 0.717) is 32.5 Å². The van der Waals surface area contributed by atoms with Crippen LogP contribution in [0.3, 0.4) is 0 Å². The molecule has 0 N–H and O–H groups in total. The Kier molecular flexibility index (Phi) is 4.00. The summed E-state index contributed by atoms with van der Waals surface area (Å²) >= 11 is 0. The minimum absolute atomic E-state index is 0.128. The first-order chi connectivity index (χ1) is 10.6. The summed E-state index contributed by atoms with van der Waals surface area (Å²) in [6.07, 6.45) is 5.79. The fourth-order valence-corrected chi connectivity index (χ4v) is 3.19. The van der Waals surface area contributed by atoms with Gasteiger partial charge in [0.15, 0.2) is 0 Å². The van der Waals surface area contributed by atoms with Gasteiger partial charge in [0.1, 0.15) is 18.3 Å². The molecule has 8 nitrogen and oxygen atoms in total. The monoisotopic (exact) mass is 307 g/mol. The van der Waals surface area contributed by atoms with Crippen molar-refractivity contribution >= 4 is 12.0 Å².